The van der Waals surface area contributed by atoms with E-state index in [0.717, 1.165) is 0 Å². The molecule has 1 saturated heterocycles. The number of allylic oxidation sites excluding steroid dienone is 8. The second-order valence-electron chi connectivity index (χ2n) is 6.28. The van der Waals surface area contributed by atoms with Crippen molar-refractivity contribution < 1.29 is 44.0 Å². The molecule has 1 aliphatic heterocycles. The van der Waals surface area contributed by atoms with E-state index in [4.69, 9.17) is 0 Å². The zero-order chi connectivity index (χ0) is 13.3. The van der Waals surface area contributed by atoms with E-state index in [1.165, 1.54) is 25.7 Å². The minimum Gasteiger partial charge on any atom is -1.00 e. The third-order valence-electron chi connectivity index (χ3n) is 5.04. The Morgan fingerprint density at radius 2 is 1.95 bits per heavy atom. The van der Waals surface area contributed by atoms with Gasteiger partial charge in [0, 0.05) is 0 Å². The molecule has 0 amide bonds. The number of halogens is 2. The molecule has 0 saturated carbocycles. The van der Waals surface area contributed by atoms with Crippen LogP contribution in [0.3, 0.4) is 0 Å². The summed E-state index contributed by atoms with van der Waals surface area (Å²) >= 11 is -0.0185. The van der Waals surface area contributed by atoms with Crippen LogP contribution in [0.5, 0.6) is 0 Å². The van der Waals surface area contributed by atoms with Crippen LogP contribution in [0.1, 0.15) is 39.5 Å². The van der Waals surface area contributed by atoms with Gasteiger partial charge in [-0.15, -0.1) is 0 Å². The maximum absolute atomic E-state index is 2.54. The molecule has 21 heavy (non-hydrogen) atoms. The topological polar surface area (TPSA) is 0 Å². The van der Waals surface area contributed by atoms with Crippen LogP contribution in [0.15, 0.2) is 42.8 Å². The summed E-state index contributed by atoms with van der Waals surface area (Å²) in [5.41, 5.74) is 1.65. The van der Waals surface area contributed by atoms with E-state index >= 15 is 0 Å². The molecule has 0 unspecified atom stereocenters. The van der Waals surface area contributed by atoms with Crippen molar-refractivity contribution in [3.05, 3.63) is 42.8 Å². The van der Waals surface area contributed by atoms with Crippen molar-refractivity contribution in [3.63, 3.8) is 0 Å². The number of rotatable bonds is 5. The molecule has 0 N–H and O–H groups in total. The van der Waals surface area contributed by atoms with Crippen LogP contribution in [0.25, 0.3) is 0 Å². The van der Waals surface area contributed by atoms with Crippen molar-refractivity contribution in [2.24, 2.45) is 0 Å². The average Bonchev–Trinajstić information content (AvgIpc) is 2.97. The van der Waals surface area contributed by atoms with E-state index in [1.54, 1.807) is 27.6 Å². The maximum Gasteiger partial charge on any atom is -1.00 e. The molecule has 0 atom stereocenters. The van der Waals surface area contributed by atoms with Gasteiger partial charge in [-0.1, -0.05) is 0 Å². The maximum atomic E-state index is 2.54. The average molecular weight is 375 g/mol. The number of hydrogen-bond acceptors (Lipinski definition) is 0. The Bertz CT molecular complexity index is 499. The molecular weight excluding hydrogens is 351 g/mol. The van der Waals surface area contributed by atoms with Gasteiger partial charge < -0.3 is 24.8 Å². The fourth-order valence-corrected chi connectivity index (χ4v) is 12.2. The van der Waals surface area contributed by atoms with Gasteiger partial charge >= 0.3 is 128 Å². The molecule has 0 aromatic rings. The standard InChI is InChI=1S/C12H19Si.C5H5.2ClH.Ti/c1-3-7-13(8-4-9-13)12-6-5-11(2)10-12;1-2-4-5-3-1;;;/h5H,3-4,6-9H2,1-2H3;1-3H,4H2;2*1H;/q;;;;+2/p-2. The van der Waals surface area contributed by atoms with Crippen molar-refractivity contribution in [2.75, 3.05) is 0 Å². The molecule has 0 nitrogen and oxygen atoms in total. The predicted octanol–water partition coefficient (Wildman–Crippen LogP) is -0.673. The smallest absolute Gasteiger partial charge is 1.00 e. The van der Waals surface area contributed by atoms with Gasteiger partial charge in [0.15, 0.2) is 0 Å². The Balaban J connectivity index is 0.00000110. The van der Waals surface area contributed by atoms with Gasteiger partial charge in [-0.25, -0.2) is 0 Å². The molecule has 0 radical (unpaired) electrons. The van der Waals surface area contributed by atoms with E-state index in [2.05, 4.69) is 38.2 Å². The van der Waals surface area contributed by atoms with Gasteiger partial charge in [0.2, 0.25) is 0 Å². The molecule has 4 heteroatoms. The summed E-state index contributed by atoms with van der Waals surface area (Å²) in [6.45, 7) is 4.77. The van der Waals surface area contributed by atoms with E-state index in [1.807, 2.05) is 9.07 Å². The van der Waals surface area contributed by atoms with Gasteiger partial charge in [-0.3, -0.25) is 0 Å². The summed E-state index contributed by atoms with van der Waals surface area (Å²) in [5, 5.41) is 2.01. The Hall–Kier alpha value is 0.471. The van der Waals surface area contributed by atoms with Crippen LogP contribution < -0.4 is 24.8 Å². The number of hydrogen-bond donors (Lipinski definition) is 0. The normalized spacial score (nSPS) is 21.8. The molecule has 1 heterocycles. The zero-order valence-electron chi connectivity index (χ0n) is 13.0. The van der Waals surface area contributed by atoms with Gasteiger partial charge in [0.05, 0.1) is 0 Å². The van der Waals surface area contributed by atoms with Crippen LogP contribution in [-0.4, -0.2) is 8.07 Å². The molecule has 0 bridgehead atoms. The Morgan fingerprint density at radius 3 is 2.48 bits per heavy atom. The van der Waals surface area contributed by atoms with Gasteiger partial charge in [-0.2, -0.15) is 0 Å². The minimum atomic E-state index is -0.975. The van der Waals surface area contributed by atoms with E-state index < -0.39 is 8.07 Å². The summed E-state index contributed by atoms with van der Waals surface area (Å²) in [6.07, 6.45) is 15.0. The molecule has 1 fully saturated rings. The molecular formula is C17H24Cl2SiTi. The fourth-order valence-electron chi connectivity index (χ4n) is 3.84. The van der Waals surface area contributed by atoms with Crippen LogP contribution in [0.2, 0.25) is 18.1 Å². The van der Waals surface area contributed by atoms with E-state index in [9.17, 15) is 0 Å². The first kappa shape index (κ1) is 19.5. The largest absolute Gasteiger partial charge is 1.00 e. The summed E-state index contributed by atoms with van der Waals surface area (Å²) in [6, 6.07) is 4.77. The molecule has 3 rings (SSSR count). The minimum absolute atomic E-state index is 0. The van der Waals surface area contributed by atoms with E-state index in [-0.39, 0.29) is 44.0 Å². The molecule has 0 aromatic heterocycles. The van der Waals surface area contributed by atoms with Crippen molar-refractivity contribution in [1.29, 1.82) is 0 Å². The first-order chi connectivity index (χ1) is 9.25. The molecule has 0 aromatic carbocycles. The van der Waals surface area contributed by atoms with Gasteiger partial charge in [-0.05, 0) is 0 Å². The third kappa shape index (κ3) is 3.87. The SMILES string of the molecule is CCC[Si]1(C2=[C]([Ti+2][C]3=CC=CC3)C(C)=CC2)CCC1.[Cl-].[Cl-]. The van der Waals surface area contributed by atoms with Crippen molar-refractivity contribution in [3.8, 4) is 0 Å². The summed E-state index contributed by atoms with van der Waals surface area (Å²) in [4.78, 5) is 0. The second-order valence-corrected chi connectivity index (χ2v) is 13.1. The van der Waals surface area contributed by atoms with Crippen LogP contribution in [0, 0.1) is 0 Å². The zero-order valence-corrected chi connectivity index (χ0v) is 17.1. The first-order valence-electron chi connectivity index (χ1n) is 7.79. The molecule has 0 spiro atoms. The quantitative estimate of drug-likeness (QED) is 0.560. The Labute approximate surface area is 152 Å². The van der Waals surface area contributed by atoms with Crippen LogP contribution >= 0.6 is 0 Å². The molecule has 3 aliphatic rings. The van der Waals surface area contributed by atoms with Crippen molar-refractivity contribution in [2.45, 2.75) is 57.7 Å². The Morgan fingerprint density at radius 1 is 1.19 bits per heavy atom. The van der Waals surface area contributed by atoms with Gasteiger partial charge in [0.1, 0.15) is 0 Å². The first-order valence-corrected chi connectivity index (χ1v) is 12.0. The fraction of sp³-hybridized carbons (Fsp3) is 0.529. The van der Waals surface area contributed by atoms with Crippen LogP contribution in [0.4, 0.5) is 0 Å². The van der Waals surface area contributed by atoms with E-state index in [0.29, 0.717) is 0 Å². The summed E-state index contributed by atoms with van der Waals surface area (Å²) in [7, 11) is -0.975. The van der Waals surface area contributed by atoms with Gasteiger partial charge in [0.25, 0.3) is 0 Å². The van der Waals surface area contributed by atoms with Crippen molar-refractivity contribution in [1.82, 2.24) is 0 Å². The van der Waals surface area contributed by atoms with Crippen LogP contribution in [-0.2, 0) is 19.2 Å². The monoisotopic (exact) mass is 374 g/mol. The Kier molecular flexibility index (Phi) is 7.77. The van der Waals surface area contributed by atoms with Crippen molar-refractivity contribution >= 4 is 8.07 Å². The third-order valence-corrected chi connectivity index (χ3v) is 13.8. The second kappa shape index (κ2) is 8.36. The molecule has 114 valence electrons. The summed E-state index contributed by atoms with van der Waals surface area (Å²) in [5.74, 6) is 0. The summed E-state index contributed by atoms with van der Waals surface area (Å²) < 4.78 is 3.64. The predicted molar refractivity (Wildman–Crippen MR) is 82.3 cm³/mol. The molecule has 2 aliphatic carbocycles.